The molecule has 0 saturated carbocycles. The molecule has 0 radical (unpaired) electrons. The number of ether oxygens (including phenoxy) is 3. The smallest absolute Gasteiger partial charge is 0.348 e. The Labute approximate surface area is 145 Å². The van der Waals surface area contributed by atoms with Crippen molar-refractivity contribution in [2.75, 3.05) is 20.0 Å². The summed E-state index contributed by atoms with van der Waals surface area (Å²) < 4.78 is 27.9. The number of anilines is 1. The van der Waals surface area contributed by atoms with Crippen molar-refractivity contribution in [2.24, 2.45) is 0 Å². The van der Waals surface area contributed by atoms with Crippen molar-refractivity contribution in [3.05, 3.63) is 45.0 Å². The Morgan fingerprint density at radius 3 is 2.50 bits per heavy atom. The zero-order chi connectivity index (χ0) is 17.9. The van der Waals surface area contributed by atoms with Crippen LogP contribution in [-0.2, 0) is 16.1 Å². The van der Waals surface area contributed by atoms with Crippen molar-refractivity contribution in [2.45, 2.75) is 6.61 Å². The lowest BCUT2D eigenvalue weighted by Gasteiger charge is -2.10. The van der Waals surface area contributed by atoms with Gasteiger partial charge in [0.1, 0.15) is 33.6 Å². The molecule has 6 nitrogen and oxygen atoms in total. The highest BCUT2D eigenvalue weighted by Gasteiger charge is 2.27. The van der Waals surface area contributed by atoms with E-state index in [0.717, 1.165) is 17.4 Å². The van der Waals surface area contributed by atoms with E-state index >= 15 is 0 Å². The van der Waals surface area contributed by atoms with Crippen LogP contribution in [0.15, 0.2) is 18.2 Å². The predicted octanol–water partition coefficient (Wildman–Crippen LogP) is 3.28. The van der Waals surface area contributed by atoms with Crippen LogP contribution >= 0.6 is 22.9 Å². The molecular formula is C15H13ClFNO5S. The second-order valence-corrected chi connectivity index (χ2v) is 5.95. The van der Waals surface area contributed by atoms with Crippen LogP contribution < -0.4 is 10.5 Å². The zero-order valence-electron chi connectivity index (χ0n) is 12.7. The van der Waals surface area contributed by atoms with Crippen LogP contribution in [0.3, 0.4) is 0 Å². The number of esters is 2. The van der Waals surface area contributed by atoms with Gasteiger partial charge < -0.3 is 19.9 Å². The summed E-state index contributed by atoms with van der Waals surface area (Å²) in [5, 5.41) is 0.156. The second-order valence-electron chi connectivity index (χ2n) is 4.50. The number of methoxy groups -OCH3 is 2. The highest BCUT2D eigenvalue weighted by Crippen LogP contribution is 2.34. The van der Waals surface area contributed by atoms with Crippen molar-refractivity contribution in [1.29, 1.82) is 0 Å². The third-order valence-electron chi connectivity index (χ3n) is 3.06. The average Bonchev–Trinajstić information content (AvgIpc) is 2.89. The van der Waals surface area contributed by atoms with Gasteiger partial charge in [-0.15, -0.1) is 11.3 Å². The summed E-state index contributed by atoms with van der Waals surface area (Å²) in [6, 6.07) is 3.59. The summed E-state index contributed by atoms with van der Waals surface area (Å²) in [6.45, 7) is -0.200. The fraction of sp³-hybridized carbons (Fsp3) is 0.200. The molecule has 0 aliphatic rings. The molecule has 1 aromatic carbocycles. The lowest BCUT2D eigenvalue weighted by Crippen LogP contribution is -2.11. The van der Waals surface area contributed by atoms with E-state index in [0.29, 0.717) is 0 Å². The maximum atomic E-state index is 13.1. The molecule has 0 fully saturated rings. The normalized spacial score (nSPS) is 10.3. The molecule has 24 heavy (non-hydrogen) atoms. The molecule has 0 aliphatic heterocycles. The molecule has 0 spiro atoms. The maximum Gasteiger partial charge on any atom is 0.348 e. The van der Waals surface area contributed by atoms with Crippen LogP contribution in [0.1, 0.15) is 25.6 Å². The highest BCUT2D eigenvalue weighted by atomic mass is 35.5. The number of nitrogen functional groups attached to an aromatic ring is 1. The van der Waals surface area contributed by atoms with E-state index in [1.165, 1.54) is 26.4 Å². The second kappa shape index (κ2) is 7.50. The number of nitrogens with two attached hydrogens (primary N) is 1. The molecule has 2 rings (SSSR count). The quantitative estimate of drug-likeness (QED) is 0.809. The Hall–Kier alpha value is -2.32. The number of carbonyl (C=O) groups is 2. The molecular weight excluding hydrogens is 361 g/mol. The topological polar surface area (TPSA) is 87.9 Å². The fourth-order valence-corrected chi connectivity index (χ4v) is 3.15. The first-order chi connectivity index (χ1) is 11.4. The Kier molecular flexibility index (Phi) is 5.63. The summed E-state index contributed by atoms with van der Waals surface area (Å²) in [6.07, 6.45) is 0. The lowest BCUT2D eigenvalue weighted by molar-refractivity contribution is 0.0599. The summed E-state index contributed by atoms with van der Waals surface area (Å²) in [5.74, 6) is -1.69. The Bertz CT molecular complexity index is 792. The molecule has 0 saturated heterocycles. The zero-order valence-corrected chi connectivity index (χ0v) is 14.3. The number of hydrogen-bond donors (Lipinski definition) is 1. The number of hydrogen-bond acceptors (Lipinski definition) is 7. The van der Waals surface area contributed by atoms with E-state index in [2.05, 4.69) is 9.47 Å². The monoisotopic (exact) mass is 373 g/mol. The molecule has 0 aliphatic carbocycles. The Morgan fingerprint density at radius 2 is 1.92 bits per heavy atom. The summed E-state index contributed by atoms with van der Waals surface area (Å²) in [7, 11) is 2.40. The third-order valence-corrected chi connectivity index (χ3v) is 4.40. The maximum absolute atomic E-state index is 13.1. The van der Waals surface area contributed by atoms with Gasteiger partial charge in [-0.2, -0.15) is 0 Å². The average molecular weight is 374 g/mol. The van der Waals surface area contributed by atoms with Crippen LogP contribution in [0.5, 0.6) is 5.75 Å². The van der Waals surface area contributed by atoms with E-state index in [1.54, 1.807) is 0 Å². The molecule has 9 heteroatoms. The number of benzene rings is 1. The number of carbonyl (C=O) groups excluding carboxylic acids is 2. The lowest BCUT2D eigenvalue weighted by atomic mass is 10.1. The molecule has 2 aromatic rings. The summed E-state index contributed by atoms with van der Waals surface area (Å²) >= 11 is 6.78. The van der Waals surface area contributed by atoms with Crippen LogP contribution in [0.2, 0.25) is 5.02 Å². The van der Waals surface area contributed by atoms with Gasteiger partial charge in [0, 0.05) is 5.56 Å². The van der Waals surface area contributed by atoms with Crippen molar-refractivity contribution in [3.8, 4) is 5.75 Å². The fourth-order valence-electron chi connectivity index (χ4n) is 1.95. The molecule has 0 bridgehead atoms. The van der Waals surface area contributed by atoms with Crippen LogP contribution in [0, 0.1) is 5.82 Å². The van der Waals surface area contributed by atoms with Gasteiger partial charge in [0.2, 0.25) is 0 Å². The van der Waals surface area contributed by atoms with Crippen LogP contribution in [-0.4, -0.2) is 26.2 Å². The van der Waals surface area contributed by atoms with Gasteiger partial charge in [-0.3, -0.25) is 0 Å². The Morgan fingerprint density at radius 1 is 1.25 bits per heavy atom. The molecule has 128 valence electrons. The third kappa shape index (κ3) is 3.60. The van der Waals surface area contributed by atoms with E-state index in [-0.39, 0.29) is 38.4 Å². The number of halogens is 2. The SMILES string of the molecule is COC(=O)c1sc(N)c(C(=O)OC)c1COc1ccc(F)cc1Cl. The standard InChI is InChI=1S/C15H13ClFNO5S/c1-21-14(19)11-8(12(15(20)22-2)24-13(11)18)6-23-10-4-3-7(17)5-9(10)16/h3-5H,6,18H2,1-2H3. The van der Waals surface area contributed by atoms with Crippen molar-refractivity contribution < 1.29 is 28.2 Å². The predicted molar refractivity (Wildman–Crippen MR) is 87.2 cm³/mol. The Balaban J connectivity index is 2.39. The number of thiophene rings is 1. The van der Waals surface area contributed by atoms with E-state index in [4.69, 9.17) is 22.1 Å². The summed E-state index contributed by atoms with van der Waals surface area (Å²) in [4.78, 5) is 23.9. The van der Waals surface area contributed by atoms with Gasteiger partial charge in [0.25, 0.3) is 0 Å². The van der Waals surface area contributed by atoms with Gasteiger partial charge in [-0.1, -0.05) is 11.6 Å². The molecule has 1 heterocycles. The first kappa shape index (κ1) is 18.0. The highest BCUT2D eigenvalue weighted by molar-refractivity contribution is 7.18. The van der Waals surface area contributed by atoms with Gasteiger partial charge in [0.15, 0.2) is 0 Å². The van der Waals surface area contributed by atoms with Crippen molar-refractivity contribution >= 4 is 39.9 Å². The minimum Gasteiger partial charge on any atom is -0.487 e. The van der Waals surface area contributed by atoms with Gasteiger partial charge >= 0.3 is 11.9 Å². The van der Waals surface area contributed by atoms with Gasteiger partial charge in [-0.25, -0.2) is 14.0 Å². The molecule has 2 N–H and O–H groups in total. The van der Waals surface area contributed by atoms with Crippen molar-refractivity contribution in [1.82, 2.24) is 0 Å². The van der Waals surface area contributed by atoms with E-state index in [9.17, 15) is 14.0 Å². The largest absolute Gasteiger partial charge is 0.487 e. The van der Waals surface area contributed by atoms with Crippen LogP contribution in [0.25, 0.3) is 0 Å². The van der Waals surface area contributed by atoms with E-state index < -0.39 is 17.8 Å². The van der Waals surface area contributed by atoms with Gasteiger partial charge in [0.05, 0.1) is 19.2 Å². The molecule has 0 unspecified atom stereocenters. The first-order valence-corrected chi connectivity index (χ1v) is 7.74. The minimum atomic E-state index is -0.706. The van der Waals surface area contributed by atoms with Crippen molar-refractivity contribution in [3.63, 3.8) is 0 Å². The molecule has 0 amide bonds. The molecule has 0 atom stereocenters. The minimum absolute atomic E-state index is 0.0288. The van der Waals surface area contributed by atoms with Crippen LogP contribution in [0.4, 0.5) is 9.39 Å². The molecule has 1 aromatic heterocycles. The first-order valence-electron chi connectivity index (χ1n) is 6.54. The van der Waals surface area contributed by atoms with Gasteiger partial charge in [-0.05, 0) is 18.2 Å². The van der Waals surface area contributed by atoms with E-state index in [1.807, 2.05) is 0 Å². The number of rotatable bonds is 5. The summed E-state index contributed by atoms with van der Waals surface area (Å²) in [5.41, 5.74) is 6.06.